The third-order valence-corrected chi connectivity index (χ3v) is 9.36. The number of hydrogen-bond acceptors (Lipinski definition) is 4. The molecule has 1 aliphatic rings. The van der Waals surface area contributed by atoms with Crippen LogP contribution in [0.25, 0.3) is 0 Å². The predicted octanol–water partition coefficient (Wildman–Crippen LogP) is -0.646. The molecule has 10 heteroatoms. The molecule has 3 aromatic rings. The second kappa shape index (κ2) is 10.3. The molecule has 0 fully saturated rings. The molecule has 0 aromatic heterocycles. The molecule has 1 aliphatic heterocycles. The topological polar surface area (TPSA) is 72.4 Å². The predicted molar refractivity (Wildman–Crippen MR) is 114 cm³/mol. The van der Waals surface area contributed by atoms with Crippen molar-refractivity contribution < 1.29 is 78.9 Å². The average molecular weight is 678 g/mol. The molecule has 0 radical (unpaired) electrons. The van der Waals surface area contributed by atoms with E-state index in [-0.39, 0.29) is 70.6 Å². The van der Waals surface area contributed by atoms with E-state index in [1.165, 1.54) is 24.3 Å². The Bertz CT molecular complexity index is 1070. The van der Waals surface area contributed by atoms with Crippen molar-refractivity contribution in [1.29, 1.82) is 0 Å². The first-order valence-electron chi connectivity index (χ1n) is 7.92. The number of fused-ring (bicyclic) bond motifs is 1. The van der Waals surface area contributed by atoms with Gasteiger partial charge in [-0.3, -0.25) is 0 Å². The number of benzene rings is 3. The zero-order valence-electron chi connectivity index (χ0n) is 15.8. The normalized spacial score (nSPS) is 13.7. The molecule has 0 N–H and O–H groups in total. The number of rotatable bonds is 2. The van der Waals surface area contributed by atoms with Gasteiger partial charge < -0.3 is 14.9 Å². The quantitative estimate of drug-likeness (QED) is 0.157. The Hall–Kier alpha value is 0.650. The summed E-state index contributed by atoms with van der Waals surface area (Å²) < 4.78 is 8.53. The molecule has 0 aliphatic carbocycles. The van der Waals surface area contributed by atoms with Crippen molar-refractivity contribution in [3.63, 3.8) is 0 Å². The number of ether oxygens (including phenoxy) is 1. The van der Waals surface area contributed by atoms with Crippen LogP contribution in [0.4, 0.5) is 0 Å². The fourth-order valence-corrected chi connectivity index (χ4v) is 5.91. The average Bonchev–Trinajstić information content (AvgIpc) is 3.00. The minimum Gasteiger partial charge on any atom is -0.872 e. The van der Waals surface area contributed by atoms with Gasteiger partial charge in [0, 0.05) is 34.6 Å². The van der Waals surface area contributed by atoms with E-state index in [1.807, 2.05) is 0 Å². The Labute approximate surface area is 250 Å². The first-order valence-corrected chi connectivity index (χ1v) is 11.1. The molecule has 3 aromatic carbocycles. The second-order valence-electron chi connectivity index (χ2n) is 6.13. The van der Waals surface area contributed by atoms with Crippen LogP contribution in [0, 0.1) is 0 Å². The van der Waals surface area contributed by atoms with Crippen LogP contribution in [-0.4, -0.2) is 5.97 Å². The van der Waals surface area contributed by atoms with Crippen molar-refractivity contribution in [2.75, 3.05) is 0 Å². The van der Waals surface area contributed by atoms with E-state index in [4.69, 9.17) is 4.74 Å². The Morgan fingerprint density at radius 2 is 1.07 bits per heavy atom. The summed E-state index contributed by atoms with van der Waals surface area (Å²) in [5, 5.41) is 23.3. The first-order chi connectivity index (χ1) is 13.3. The SMILES string of the molecule is O=C1OC(c2ccc([O-])cc2)(c2ccc([O-])cc2)c2c(Br)c(Br)c(Br)c(Br)c21.[Na+].[Na+]. The van der Waals surface area contributed by atoms with Crippen molar-refractivity contribution in [3.8, 4) is 11.5 Å². The Balaban J connectivity index is 0.00000160. The number of carbonyl (C=O) groups excluding carboxylic acids is 1. The van der Waals surface area contributed by atoms with Gasteiger partial charge in [0.05, 0.1) is 5.56 Å². The minimum absolute atomic E-state index is 0. The molecule has 0 bridgehead atoms. The van der Waals surface area contributed by atoms with Gasteiger partial charge in [-0.25, -0.2) is 4.79 Å². The van der Waals surface area contributed by atoms with Crippen LogP contribution in [0.5, 0.6) is 11.5 Å². The zero-order valence-corrected chi connectivity index (χ0v) is 26.1. The summed E-state index contributed by atoms with van der Waals surface area (Å²) in [6.07, 6.45) is 0. The smallest absolute Gasteiger partial charge is 0.872 e. The Morgan fingerprint density at radius 1 is 0.667 bits per heavy atom. The van der Waals surface area contributed by atoms with Crippen molar-refractivity contribution in [2.24, 2.45) is 0 Å². The molecule has 0 spiro atoms. The number of carbonyl (C=O) groups is 1. The Kier molecular flexibility index (Phi) is 9.22. The van der Waals surface area contributed by atoms with Gasteiger partial charge in [-0.2, -0.15) is 0 Å². The number of hydrogen-bond donors (Lipinski definition) is 0. The van der Waals surface area contributed by atoms with E-state index in [0.717, 1.165) is 0 Å². The maximum Gasteiger partial charge on any atom is 1.00 e. The molecular weight excluding hydrogens is 670 g/mol. The van der Waals surface area contributed by atoms with Crippen LogP contribution in [0.15, 0.2) is 66.4 Å². The van der Waals surface area contributed by atoms with Crippen LogP contribution >= 0.6 is 63.7 Å². The summed E-state index contributed by atoms with van der Waals surface area (Å²) in [5.74, 6) is -0.834. The molecule has 4 nitrogen and oxygen atoms in total. The molecule has 0 saturated carbocycles. The van der Waals surface area contributed by atoms with Crippen molar-refractivity contribution in [2.45, 2.75) is 5.60 Å². The van der Waals surface area contributed by atoms with Crippen molar-refractivity contribution >= 4 is 69.7 Å². The summed E-state index contributed by atoms with van der Waals surface area (Å²) in [4.78, 5) is 13.0. The number of halogens is 4. The van der Waals surface area contributed by atoms with Crippen LogP contribution < -0.4 is 69.3 Å². The van der Waals surface area contributed by atoms with E-state index in [9.17, 15) is 15.0 Å². The monoisotopic (exact) mass is 674 g/mol. The summed E-state index contributed by atoms with van der Waals surface area (Å²) >= 11 is 14.1. The third kappa shape index (κ3) is 4.27. The van der Waals surface area contributed by atoms with Gasteiger partial charge in [0.15, 0.2) is 5.60 Å². The number of esters is 1. The van der Waals surface area contributed by atoms with Gasteiger partial charge in [-0.1, -0.05) is 48.5 Å². The van der Waals surface area contributed by atoms with Gasteiger partial charge in [-0.15, -0.1) is 11.5 Å². The third-order valence-electron chi connectivity index (χ3n) is 4.59. The maximum atomic E-state index is 13.0. The van der Waals surface area contributed by atoms with Gasteiger partial charge in [0.25, 0.3) is 0 Å². The minimum atomic E-state index is -1.32. The number of cyclic esters (lactones) is 1. The molecule has 0 amide bonds. The summed E-state index contributed by atoms with van der Waals surface area (Å²) in [6.45, 7) is 0. The molecule has 4 rings (SSSR count). The molecule has 0 atom stereocenters. The first kappa shape index (κ1) is 26.9. The van der Waals surface area contributed by atoms with E-state index < -0.39 is 11.6 Å². The van der Waals surface area contributed by atoms with Crippen LogP contribution in [-0.2, 0) is 10.3 Å². The summed E-state index contributed by atoms with van der Waals surface area (Å²) in [7, 11) is 0. The zero-order chi connectivity index (χ0) is 20.2. The molecule has 30 heavy (non-hydrogen) atoms. The largest absolute Gasteiger partial charge is 1.00 e. The molecule has 0 saturated heterocycles. The molecule has 0 unspecified atom stereocenters. The van der Waals surface area contributed by atoms with E-state index >= 15 is 0 Å². The van der Waals surface area contributed by atoms with Crippen LogP contribution in [0.1, 0.15) is 27.0 Å². The summed E-state index contributed by atoms with van der Waals surface area (Å²) in [6, 6.07) is 12.2. The standard InChI is InChI=1S/C20H10Br4O4.2Na/c21-15-13-14(16(22)18(24)17(15)23)20(28-19(13)27,9-1-5-11(25)6-2-9)10-3-7-12(26)8-4-10;;/h1-8,25-26H;;/q;2*+1/p-2. The van der Waals surface area contributed by atoms with Gasteiger partial charge in [-0.05, 0) is 63.7 Å². The molecule has 1 heterocycles. The van der Waals surface area contributed by atoms with Gasteiger partial charge in [0.2, 0.25) is 0 Å². The van der Waals surface area contributed by atoms with E-state index in [2.05, 4.69) is 63.7 Å². The fourth-order valence-electron chi connectivity index (χ4n) is 3.35. The van der Waals surface area contributed by atoms with Crippen molar-refractivity contribution in [3.05, 3.63) is 88.7 Å². The van der Waals surface area contributed by atoms with Gasteiger partial charge in [0.1, 0.15) is 0 Å². The fraction of sp³-hybridized carbons (Fsp3) is 0.0500. The van der Waals surface area contributed by atoms with Crippen molar-refractivity contribution in [1.82, 2.24) is 0 Å². The maximum absolute atomic E-state index is 13.0. The van der Waals surface area contributed by atoms with E-state index in [0.29, 0.717) is 40.1 Å². The molecular formula is C20H8Br4Na2O4. The Morgan fingerprint density at radius 3 is 1.50 bits per heavy atom. The van der Waals surface area contributed by atoms with Gasteiger partial charge >= 0.3 is 65.1 Å². The summed E-state index contributed by atoms with van der Waals surface area (Å²) in [5.41, 5.74) is 0.814. The second-order valence-corrected chi connectivity index (χ2v) is 9.30. The van der Waals surface area contributed by atoms with E-state index in [1.54, 1.807) is 24.3 Å². The van der Waals surface area contributed by atoms with Crippen LogP contribution in [0.3, 0.4) is 0 Å². The molecule has 142 valence electrons. The van der Waals surface area contributed by atoms with Crippen LogP contribution in [0.2, 0.25) is 0 Å².